The van der Waals surface area contributed by atoms with Crippen molar-refractivity contribution in [1.82, 2.24) is 10.2 Å². The molecule has 1 aromatic heterocycles. The van der Waals surface area contributed by atoms with Crippen molar-refractivity contribution in [3.05, 3.63) is 76.8 Å². The third-order valence-corrected chi connectivity index (χ3v) is 7.33. The number of aromatic nitrogens is 2. The molecule has 0 spiro atoms. The fraction of sp³-hybridized carbons (Fsp3) is 0.227. The van der Waals surface area contributed by atoms with Crippen molar-refractivity contribution in [2.45, 2.75) is 25.2 Å². The standard InChI is InChI=1S/C22H23ClN4O3S2/c1-4-12-27(19-11-6-5-10-18(19)23)32(29,30)17-9-7-8-16(14-17)21(28)24-22-26-25-20(31-22)13-15(2)3/h4-11,14-15H,1,12-13H2,2-3H3,(H,24,26,28). The highest BCUT2D eigenvalue weighted by Crippen LogP contribution is 2.30. The minimum Gasteiger partial charge on any atom is -0.296 e. The topological polar surface area (TPSA) is 92.3 Å². The smallest absolute Gasteiger partial charge is 0.264 e. The Labute approximate surface area is 196 Å². The molecule has 168 valence electrons. The molecule has 1 heterocycles. The molecule has 7 nitrogen and oxygen atoms in total. The van der Waals surface area contributed by atoms with Crippen LogP contribution in [0.3, 0.4) is 0 Å². The molecule has 0 aliphatic heterocycles. The Kier molecular flexibility index (Phi) is 7.65. The largest absolute Gasteiger partial charge is 0.296 e. The SMILES string of the molecule is C=CCN(c1ccccc1Cl)S(=O)(=O)c1cccc(C(=O)Nc2nnc(CC(C)C)s2)c1. The van der Waals surface area contributed by atoms with Crippen LogP contribution in [0.25, 0.3) is 0 Å². The second kappa shape index (κ2) is 10.2. The monoisotopic (exact) mass is 490 g/mol. The zero-order valence-electron chi connectivity index (χ0n) is 17.7. The molecule has 0 aliphatic carbocycles. The number of amides is 1. The van der Waals surface area contributed by atoms with E-state index in [1.165, 1.54) is 41.7 Å². The third-order valence-electron chi connectivity index (χ3n) is 4.37. The first kappa shape index (κ1) is 23.9. The fourth-order valence-electron chi connectivity index (χ4n) is 2.93. The van der Waals surface area contributed by atoms with Gasteiger partial charge in [0.15, 0.2) is 0 Å². The Balaban J connectivity index is 1.88. The Morgan fingerprint density at radius 1 is 1.22 bits per heavy atom. The van der Waals surface area contributed by atoms with Gasteiger partial charge in [-0.2, -0.15) is 0 Å². The number of sulfonamides is 1. The number of rotatable bonds is 9. The summed E-state index contributed by atoms with van der Waals surface area (Å²) in [5.74, 6) is -0.0488. The second-order valence-electron chi connectivity index (χ2n) is 7.36. The van der Waals surface area contributed by atoms with Crippen molar-refractivity contribution in [1.29, 1.82) is 0 Å². The first-order valence-corrected chi connectivity index (χ1v) is 12.5. The van der Waals surface area contributed by atoms with E-state index in [2.05, 4.69) is 35.9 Å². The fourth-order valence-corrected chi connectivity index (χ4v) is 5.66. The van der Waals surface area contributed by atoms with E-state index in [1.54, 1.807) is 24.3 Å². The van der Waals surface area contributed by atoms with E-state index in [-0.39, 0.29) is 17.0 Å². The lowest BCUT2D eigenvalue weighted by molar-refractivity contribution is 0.102. The molecular formula is C22H23ClN4O3S2. The lowest BCUT2D eigenvalue weighted by atomic mass is 10.1. The summed E-state index contributed by atoms with van der Waals surface area (Å²) in [6, 6.07) is 12.5. The number of benzene rings is 2. The maximum absolute atomic E-state index is 13.4. The van der Waals surface area contributed by atoms with Gasteiger partial charge >= 0.3 is 0 Å². The summed E-state index contributed by atoms with van der Waals surface area (Å²) in [4.78, 5) is 12.7. The molecule has 3 rings (SSSR count). The van der Waals surface area contributed by atoms with Crippen LogP contribution in [0, 0.1) is 5.92 Å². The molecule has 1 N–H and O–H groups in total. The van der Waals surface area contributed by atoms with E-state index in [4.69, 9.17) is 11.6 Å². The minimum absolute atomic E-state index is 0.0197. The van der Waals surface area contributed by atoms with Crippen molar-refractivity contribution < 1.29 is 13.2 Å². The summed E-state index contributed by atoms with van der Waals surface area (Å²) in [5, 5.41) is 12.2. The predicted molar refractivity (Wildman–Crippen MR) is 129 cm³/mol. The van der Waals surface area contributed by atoms with Crippen LogP contribution in [0.15, 0.2) is 66.1 Å². The van der Waals surface area contributed by atoms with Gasteiger partial charge in [0.2, 0.25) is 5.13 Å². The number of para-hydroxylation sites is 1. The molecular weight excluding hydrogens is 468 g/mol. The Hall–Kier alpha value is -2.75. The van der Waals surface area contributed by atoms with Crippen molar-refractivity contribution in [3.63, 3.8) is 0 Å². The van der Waals surface area contributed by atoms with Gasteiger partial charge in [-0.3, -0.25) is 14.4 Å². The van der Waals surface area contributed by atoms with Crippen LogP contribution in [-0.4, -0.2) is 31.1 Å². The zero-order chi connectivity index (χ0) is 23.3. The molecule has 32 heavy (non-hydrogen) atoms. The van der Waals surface area contributed by atoms with Gasteiger partial charge in [-0.05, 0) is 36.2 Å². The molecule has 0 radical (unpaired) electrons. The molecule has 0 saturated heterocycles. The van der Waals surface area contributed by atoms with Crippen LogP contribution in [0.2, 0.25) is 5.02 Å². The lowest BCUT2D eigenvalue weighted by Crippen LogP contribution is -2.31. The Morgan fingerprint density at radius 3 is 2.66 bits per heavy atom. The molecule has 1 amide bonds. The first-order chi connectivity index (χ1) is 15.2. The maximum Gasteiger partial charge on any atom is 0.264 e. The van der Waals surface area contributed by atoms with Gasteiger partial charge in [0.05, 0.1) is 22.2 Å². The van der Waals surface area contributed by atoms with Gasteiger partial charge in [-0.25, -0.2) is 8.42 Å². The van der Waals surface area contributed by atoms with E-state index in [0.29, 0.717) is 21.8 Å². The van der Waals surface area contributed by atoms with Gasteiger partial charge in [-0.15, -0.1) is 16.8 Å². The van der Waals surface area contributed by atoms with Crippen LogP contribution in [0.5, 0.6) is 0 Å². The summed E-state index contributed by atoms with van der Waals surface area (Å²) >= 11 is 7.54. The number of anilines is 2. The average Bonchev–Trinajstić information content (AvgIpc) is 3.18. The maximum atomic E-state index is 13.4. The van der Waals surface area contributed by atoms with Gasteiger partial charge in [0.25, 0.3) is 15.9 Å². The van der Waals surface area contributed by atoms with Crippen LogP contribution >= 0.6 is 22.9 Å². The summed E-state index contributed by atoms with van der Waals surface area (Å²) in [7, 11) is -4.00. The van der Waals surface area contributed by atoms with Crippen LogP contribution in [0.4, 0.5) is 10.8 Å². The van der Waals surface area contributed by atoms with Gasteiger partial charge in [-0.1, -0.05) is 61.1 Å². The highest BCUT2D eigenvalue weighted by Gasteiger charge is 2.26. The van der Waals surface area contributed by atoms with E-state index in [1.807, 2.05) is 0 Å². The molecule has 0 bridgehead atoms. The number of nitrogens with zero attached hydrogens (tertiary/aromatic N) is 3. The zero-order valence-corrected chi connectivity index (χ0v) is 20.0. The number of hydrogen-bond acceptors (Lipinski definition) is 6. The van der Waals surface area contributed by atoms with Gasteiger partial charge in [0.1, 0.15) is 5.01 Å². The van der Waals surface area contributed by atoms with Crippen molar-refractivity contribution in [2.75, 3.05) is 16.2 Å². The minimum atomic E-state index is -4.00. The Bertz CT molecular complexity index is 1230. The summed E-state index contributed by atoms with van der Waals surface area (Å²) in [5.41, 5.74) is 0.514. The van der Waals surface area contributed by atoms with Crippen LogP contribution in [-0.2, 0) is 16.4 Å². The van der Waals surface area contributed by atoms with Crippen LogP contribution in [0.1, 0.15) is 29.2 Å². The van der Waals surface area contributed by atoms with Crippen LogP contribution < -0.4 is 9.62 Å². The van der Waals surface area contributed by atoms with E-state index in [9.17, 15) is 13.2 Å². The molecule has 2 aromatic carbocycles. The van der Waals surface area contributed by atoms with E-state index in [0.717, 1.165) is 15.7 Å². The predicted octanol–water partition coefficient (Wildman–Crippen LogP) is 5.02. The molecule has 10 heteroatoms. The molecule has 0 aliphatic rings. The molecule has 3 aromatic rings. The molecule has 0 unspecified atom stereocenters. The summed E-state index contributed by atoms with van der Waals surface area (Å²) in [6.07, 6.45) is 2.24. The lowest BCUT2D eigenvalue weighted by Gasteiger charge is -2.24. The highest BCUT2D eigenvalue weighted by molar-refractivity contribution is 7.92. The van der Waals surface area contributed by atoms with E-state index >= 15 is 0 Å². The van der Waals surface area contributed by atoms with Crippen molar-refractivity contribution >= 4 is 49.7 Å². The number of nitrogens with one attached hydrogen (secondary N) is 1. The summed E-state index contributed by atoms with van der Waals surface area (Å²) < 4.78 is 27.9. The number of halogens is 1. The summed E-state index contributed by atoms with van der Waals surface area (Å²) in [6.45, 7) is 7.82. The first-order valence-electron chi connectivity index (χ1n) is 9.84. The number of carbonyl (C=O) groups is 1. The van der Waals surface area contributed by atoms with Gasteiger partial charge < -0.3 is 0 Å². The molecule has 0 atom stereocenters. The number of carbonyl (C=O) groups excluding carboxylic acids is 1. The normalized spacial score (nSPS) is 11.4. The second-order valence-corrected chi connectivity index (χ2v) is 10.7. The van der Waals surface area contributed by atoms with E-state index < -0.39 is 15.9 Å². The third kappa shape index (κ3) is 5.53. The quantitative estimate of drug-likeness (QED) is 0.425. The molecule has 0 saturated carbocycles. The Morgan fingerprint density at radius 2 is 1.97 bits per heavy atom. The van der Waals surface area contributed by atoms with Crippen molar-refractivity contribution in [3.8, 4) is 0 Å². The highest BCUT2D eigenvalue weighted by atomic mass is 35.5. The average molecular weight is 491 g/mol. The number of hydrogen-bond donors (Lipinski definition) is 1. The van der Waals surface area contributed by atoms with Crippen molar-refractivity contribution in [2.24, 2.45) is 5.92 Å². The molecule has 0 fully saturated rings. The van der Waals surface area contributed by atoms with Gasteiger partial charge in [0, 0.05) is 12.0 Å².